The van der Waals surface area contributed by atoms with Gasteiger partial charge in [0.15, 0.2) is 0 Å². The first-order valence-electron chi connectivity index (χ1n) is 7.80. The van der Waals surface area contributed by atoms with Crippen molar-refractivity contribution < 1.29 is 44.1 Å². The first-order valence-corrected chi connectivity index (χ1v) is 7.80. The molecule has 10 heteroatoms. The molecule has 0 saturated carbocycles. The van der Waals surface area contributed by atoms with Gasteiger partial charge in [0.1, 0.15) is 0 Å². The molecule has 0 aromatic rings. The Balaban J connectivity index is -0.0000000508. The average Bonchev–Trinajstić information content (AvgIpc) is 2.39. The minimum absolute atomic E-state index is 0. The second kappa shape index (κ2) is 27.6. The average molecular weight is 387 g/mol. The standard InChI is InChI=1S/C8H20N.4C2H4O2.H3N/c1-5-9(6-2,7-3)8-4;4*1-2(3)4;/h5-8H2,1-4H3;4*1H3,(H,3,4);1H3/q+1;;;;;. The second-order valence-corrected chi connectivity index (χ2v) is 4.68. The third-order valence-corrected chi connectivity index (χ3v) is 2.68. The van der Waals surface area contributed by atoms with Gasteiger partial charge in [-0.1, -0.05) is 0 Å². The molecule has 0 aromatic carbocycles. The van der Waals surface area contributed by atoms with Crippen LogP contribution in [0.2, 0.25) is 0 Å². The molecule has 0 aliphatic rings. The molecule has 0 aromatic heterocycles. The number of carboxylic acid groups (broad SMARTS) is 4. The van der Waals surface area contributed by atoms with Crippen LogP contribution in [0.5, 0.6) is 0 Å². The maximum Gasteiger partial charge on any atom is 0.300 e. The Morgan fingerprint density at radius 1 is 0.538 bits per heavy atom. The van der Waals surface area contributed by atoms with Crippen LogP contribution in [0.25, 0.3) is 0 Å². The van der Waals surface area contributed by atoms with Gasteiger partial charge in [-0.05, 0) is 27.7 Å². The van der Waals surface area contributed by atoms with Crippen LogP contribution in [0.4, 0.5) is 0 Å². The van der Waals surface area contributed by atoms with Gasteiger partial charge >= 0.3 is 0 Å². The van der Waals surface area contributed by atoms with E-state index in [2.05, 4.69) is 27.7 Å². The third kappa shape index (κ3) is 98.2. The fraction of sp³-hybridized carbons (Fsp3) is 0.750. The number of carbonyl (C=O) groups is 4. The van der Waals surface area contributed by atoms with Crippen molar-refractivity contribution in [3.8, 4) is 0 Å². The van der Waals surface area contributed by atoms with Crippen molar-refractivity contribution in [1.82, 2.24) is 6.15 Å². The normalized spacial score (nSPS) is 8.00. The maximum absolute atomic E-state index is 9.00. The van der Waals surface area contributed by atoms with Crippen molar-refractivity contribution in [2.24, 2.45) is 0 Å². The zero-order chi connectivity index (χ0) is 21.6. The van der Waals surface area contributed by atoms with E-state index in [0.717, 1.165) is 27.7 Å². The van der Waals surface area contributed by atoms with Crippen LogP contribution < -0.4 is 6.15 Å². The van der Waals surface area contributed by atoms with E-state index in [1.807, 2.05) is 0 Å². The molecule has 0 rings (SSSR count). The topological polar surface area (TPSA) is 184 Å². The van der Waals surface area contributed by atoms with Crippen LogP contribution in [-0.4, -0.2) is 75.0 Å². The van der Waals surface area contributed by atoms with E-state index in [-0.39, 0.29) is 6.15 Å². The Morgan fingerprint density at radius 2 is 0.615 bits per heavy atom. The van der Waals surface area contributed by atoms with Gasteiger partial charge in [0.25, 0.3) is 23.9 Å². The van der Waals surface area contributed by atoms with E-state index < -0.39 is 23.9 Å². The minimum atomic E-state index is -0.833. The zero-order valence-electron chi connectivity index (χ0n) is 17.4. The van der Waals surface area contributed by atoms with Gasteiger partial charge in [0.2, 0.25) is 0 Å². The van der Waals surface area contributed by atoms with Crippen LogP contribution in [-0.2, 0) is 19.2 Å². The molecule has 0 radical (unpaired) electrons. The van der Waals surface area contributed by atoms with Gasteiger partial charge in [-0.15, -0.1) is 0 Å². The van der Waals surface area contributed by atoms with E-state index >= 15 is 0 Å². The van der Waals surface area contributed by atoms with Gasteiger partial charge in [-0.25, -0.2) is 0 Å². The predicted octanol–water partition coefficient (Wildman–Crippen LogP) is 2.41. The first kappa shape index (κ1) is 39.0. The van der Waals surface area contributed by atoms with E-state index in [1.54, 1.807) is 0 Å². The number of carboxylic acids is 4. The summed E-state index contributed by atoms with van der Waals surface area (Å²) in [4.78, 5) is 36.0. The smallest absolute Gasteiger partial charge is 0.300 e. The summed E-state index contributed by atoms with van der Waals surface area (Å²) in [5.74, 6) is -3.33. The van der Waals surface area contributed by atoms with Crippen LogP contribution in [0.15, 0.2) is 0 Å². The highest BCUT2D eigenvalue weighted by molar-refractivity contribution is 5.63. The largest absolute Gasteiger partial charge is 0.481 e. The molecule has 7 N–H and O–H groups in total. The summed E-state index contributed by atoms with van der Waals surface area (Å²) < 4.78 is 1.28. The molecule has 0 saturated heterocycles. The summed E-state index contributed by atoms with van der Waals surface area (Å²) in [6.45, 7) is 18.6. The Bertz CT molecular complexity index is 275. The van der Waals surface area contributed by atoms with E-state index in [0.29, 0.717) is 0 Å². The summed E-state index contributed by atoms with van der Waals surface area (Å²) in [5.41, 5.74) is 0. The molecule has 0 heterocycles. The lowest BCUT2D eigenvalue weighted by atomic mass is 10.3. The van der Waals surface area contributed by atoms with Crippen LogP contribution in [0.3, 0.4) is 0 Å². The van der Waals surface area contributed by atoms with Crippen LogP contribution in [0, 0.1) is 0 Å². The number of hydrogen-bond acceptors (Lipinski definition) is 5. The molecule has 0 amide bonds. The van der Waals surface area contributed by atoms with E-state index in [1.165, 1.54) is 30.7 Å². The third-order valence-electron chi connectivity index (χ3n) is 2.68. The number of rotatable bonds is 4. The lowest BCUT2D eigenvalue weighted by molar-refractivity contribution is -0.921. The summed E-state index contributed by atoms with van der Waals surface area (Å²) in [6, 6.07) is 0. The highest BCUT2D eigenvalue weighted by atomic mass is 16.4. The Morgan fingerprint density at radius 3 is 0.615 bits per heavy atom. The van der Waals surface area contributed by atoms with Gasteiger partial charge in [-0.3, -0.25) is 19.2 Å². The van der Waals surface area contributed by atoms with Crippen molar-refractivity contribution in [3.05, 3.63) is 0 Å². The maximum atomic E-state index is 9.00. The number of aliphatic carboxylic acids is 4. The predicted molar refractivity (Wildman–Crippen MR) is 101 cm³/mol. The highest BCUT2D eigenvalue weighted by Gasteiger charge is 2.16. The lowest BCUT2D eigenvalue weighted by Crippen LogP contribution is -2.47. The molecule has 26 heavy (non-hydrogen) atoms. The molecule has 0 spiro atoms. The van der Waals surface area contributed by atoms with Gasteiger partial charge in [-0.2, -0.15) is 0 Å². The fourth-order valence-corrected chi connectivity index (χ4v) is 1.34. The van der Waals surface area contributed by atoms with Crippen molar-refractivity contribution in [2.75, 3.05) is 26.2 Å². The molecule has 0 unspecified atom stereocenters. The van der Waals surface area contributed by atoms with Crippen LogP contribution in [0.1, 0.15) is 55.4 Å². The van der Waals surface area contributed by atoms with Gasteiger partial charge in [0.05, 0.1) is 26.2 Å². The van der Waals surface area contributed by atoms with Crippen molar-refractivity contribution in [2.45, 2.75) is 55.4 Å². The molecule has 160 valence electrons. The van der Waals surface area contributed by atoms with Gasteiger partial charge < -0.3 is 31.1 Å². The Kier molecular flexibility index (Phi) is 41.5. The SMILES string of the molecule is CC(=O)O.CC(=O)O.CC(=O)O.CC(=O)O.CC[N+](CC)(CC)CC.N. The molecule has 10 nitrogen and oxygen atoms in total. The van der Waals surface area contributed by atoms with Crippen molar-refractivity contribution >= 4 is 23.9 Å². The quantitative estimate of drug-likeness (QED) is 0.452. The van der Waals surface area contributed by atoms with Crippen molar-refractivity contribution in [3.63, 3.8) is 0 Å². The summed E-state index contributed by atoms with van der Waals surface area (Å²) >= 11 is 0. The summed E-state index contributed by atoms with van der Waals surface area (Å²) in [5, 5.41) is 29.7. The van der Waals surface area contributed by atoms with E-state index in [9.17, 15) is 0 Å². The Hall–Kier alpha value is -2.20. The highest BCUT2D eigenvalue weighted by Crippen LogP contribution is 2.03. The number of hydrogen-bond donors (Lipinski definition) is 5. The summed E-state index contributed by atoms with van der Waals surface area (Å²) in [6.07, 6.45) is 0. The summed E-state index contributed by atoms with van der Waals surface area (Å²) in [7, 11) is 0. The molecule has 0 aliphatic heterocycles. The molecule has 0 aliphatic carbocycles. The monoisotopic (exact) mass is 387 g/mol. The minimum Gasteiger partial charge on any atom is -0.481 e. The second-order valence-electron chi connectivity index (χ2n) is 4.68. The first-order chi connectivity index (χ1) is 11.2. The number of nitrogens with zero attached hydrogens (tertiary/aromatic N) is 1. The van der Waals surface area contributed by atoms with Crippen LogP contribution >= 0.6 is 0 Å². The van der Waals surface area contributed by atoms with E-state index in [4.69, 9.17) is 39.6 Å². The molecule has 0 atom stereocenters. The number of quaternary nitrogens is 1. The van der Waals surface area contributed by atoms with Gasteiger partial charge in [0, 0.05) is 27.7 Å². The molecule has 0 bridgehead atoms. The molecule has 0 fully saturated rings. The lowest BCUT2D eigenvalue weighted by Gasteiger charge is -2.34. The fourth-order valence-electron chi connectivity index (χ4n) is 1.34. The Labute approximate surface area is 156 Å². The zero-order valence-corrected chi connectivity index (χ0v) is 17.4. The molecular formula is C16H39N2O8+. The molecular weight excluding hydrogens is 348 g/mol. The van der Waals surface area contributed by atoms with Crippen molar-refractivity contribution in [1.29, 1.82) is 0 Å².